The maximum absolute atomic E-state index is 11.0. The number of unbranched alkanes of at least 4 members (excludes halogenated alkanes) is 4. The Morgan fingerprint density at radius 1 is 0.941 bits per heavy atom. The predicted octanol–water partition coefficient (Wildman–Crippen LogP) is 4.99. The van der Waals surface area contributed by atoms with Crippen molar-refractivity contribution in [3.05, 3.63) is 36.5 Å². The summed E-state index contributed by atoms with van der Waals surface area (Å²) in [5.74, 6) is 0.402. The topological polar surface area (TPSA) is 17.1 Å². The van der Waals surface area contributed by atoms with Crippen LogP contribution >= 0.6 is 0 Å². The third-order valence-electron chi connectivity index (χ3n) is 2.63. The van der Waals surface area contributed by atoms with E-state index in [0.717, 1.165) is 19.3 Å². The number of carbonyl (C=O) groups is 1. The van der Waals surface area contributed by atoms with Gasteiger partial charge in [-0.3, -0.25) is 4.79 Å². The Morgan fingerprint density at radius 2 is 1.65 bits per heavy atom. The van der Waals surface area contributed by atoms with E-state index in [4.69, 9.17) is 0 Å². The van der Waals surface area contributed by atoms with Crippen molar-refractivity contribution < 1.29 is 4.79 Å². The predicted molar refractivity (Wildman–Crippen MR) is 76.1 cm³/mol. The molecule has 0 unspecified atom stereocenters. The van der Waals surface area contributed by atoms with Crippen LogP contribution in [0, 0.1) is 0 Å². The SMILES string of the molecule is CC=CC=CC=CCCCCCCC(=O)CC. The standard InChI is InChI=1S/C16H26O/c1-3-5-6-7-8-9-10-11-12-13-14-15-16(17)4-2/h3,5-9H,4,10-15H2,1-2H3. The van der Waals surface area contributed by atoms with Crippen molar-refractivity contribution >= 4 is 5.78 Å². The Morgan fingerprint density at radius 3 is 2.35 bits per heavy atom. The third-order valence-corrected chi connectivity index (χ3v) is 2.63. The van der Waals surface area contributed by atoms with Gasteiger partial charge >= 0.3 is 0 Å². The van der Waals surface area contributed by atoms with Crippen LogP contribution in [0.5, 0.6) is 0 Å². The molecule has 0 aromatic heterocycles. The van der Waals surface area contributed by atoms with Gasteiger partial charge in [0.15, 0.2) is 0 Å². The van der Waals surface area contributed by atoms with Crippen LogP contribution in [0.25, 0.3) is 0 Å². The Kier molecular flexibility index (Phi) is 12.1. The molecule has 0 saturated heterocycles. The first-order valence-corrected chi connectivity index (χ1v) is 6.77. The summed E-state index contributed by atoms with van der Waals surface area (Å²) in [6, 6.07) is 0. The van der Waals surface area contributed by atoms with Crippen molar-refractivity contribution in [1.82, 2.24) is 0 Å². The number of carbonyl (C=O) groups excluding carboxylic acids is 1. The summed E-state index contributed by atoms with van der Waals surface area (Å²) >= 11 is 0. The summed E-state index contributed by atoms with van der Waals surface area (Å²) < 4.78 is 0. The molecule has 0 aliphatic rings. The normalized spacial score (nSPS) is 12.1. The molecule has 0 saturated carbocycles. The molecule has 0 fully saturated rings. The van der Waals surface area contributed by atoms with Gasteiger partial charge in [-0.2, -0.15) is 0 Å². The maximum atomic E-state index is 11.0. The van der Waals surface area contributed by atoms with Crippen molar-refractivity contribution in [3.63, 3.8) is 0 Å². The number of hydrogen-bond acceptors (Lipinski definition) is 1. The van der Waals surface area contributed by atoms with Crippen LogP contribution in [-0.4, -0.2) is 5.78 Å². The molecule has 1 heteroatoms. The summed E-state index contributed by atoms with van der Waals surface area (Å²) in [5.41, 5.74) is 0. The molecule has 0 N–H and O–H groups in total. The lowest BCUT2D eigenvalue weighted by Gasteiger charge is -1.98. The number of ketones is 1. The van der Waals surface area contributed by atoms with Gasteiger partial charge in [-0.1, -0.05) is 56.2 Å². The molecule has 96 valence electrons. The zero-order valence-electron chi connectivity index (χ0n) is 11.3. The highest BCUT2D eigenvalue weighted by Crippen LogP contribution is 2.07. The van der Waals surface area contributed by atoms with E-state index < -0.39 is 0 Å². The molecular weight excluding hydrogens is 208 g/mol. The molecule has 1 nitrogen and oxygen atoms in total. The monoisotopic (exact) mass is 234 g/mol. The second-order valence-corrected chi connectivity index (χ2v) is 4.18. The second-order valence-electron chi connectivity index (χ2n) is 4.18. The van der Waals surface area contributed by atoms with Gasteiger partial charge in [-0.25, -0.2) is 0 Å². The molecule has 17 heavy (non-hydrogen) atoms. The van der Waals surface area contributed by atoms with Crippen LogP contribution < -0.4 is 0 Å². The van der Waals surface area contributed by atoms with Gasteiger partial charge < -0.3 is 0 Å². The average Bonchev–Trinajstić information content (AvgIpc) is 2.35. The summed E-state index contributed by atoms with van der Waals surface area (Å²) in [6.07, 6.45) is 19.8. The lowest BCUT2D eigenvalue weighted by Crippen LogP contribution is -1.93. The molecule has 0 amide bonds. The molecule has 0 heterocycles. The van der Waals surface area contributed by atoms with Gasteiger partial charge in [0, 0.05) is 12.8 Å². The largest absolute Gasteiger partial charge is 0.300 e. The minimum absolute atomic E-state index is 0.402. The van der Waals surface area contributed by atoms with Gasteiger partial charge in [0.1, 0.15) is 5.78 Å². The fraction of sp³-hybridized carbons (Fsp3) is 0.562. The van der Waals surface area contributed by atoms with Gasteiger partial charge in [-0.05, 0) is 26.2 Å². The first kappa shape index (κ1) is 15.9. The van der Waals surface area contributed by atoms with E-state index in [1.165, 1.54) is 19.3 Å². The number of rotatable bonds is 10. The highest BCUT2D eigenvalue weighted by Gasteiger charge is 1.96. The van der Waals surface area contributed by atoms with Crippen LogP contribution in [0.3, 0.4) is 0 Å². The van der Waals surface area contributed by atoms with E-state index in [1.54, 1.807) is 0 Å². The lowest BCUT2D eigenvalue weighted by atomic mass is 10.1. The van der Waals surface area contributed by atoms with Crippen LogP contribution in [0.4, 0.5) is 0 Å². The van der Waals surface area contributed by atoms with E-state index in [0.29, 0.717) is 12.2 Å². The molecule has 0 aromatic carbocycles. The molecule has 0 rings (SSSR count). The van der Waals surface area contributed by atoms with Crippen molar-refractivity contribution in [2.45, 2.75) is 58.8 Å². The van der Waals surface area contributed by atoms with Crippen LogP contribution in [0.15, 0.2) is 36.5 Å². The summed E-state index contributed by atoms with van der Waals surface area (Å²) in [5, 5.41) is 0. The summed E-state index contributed by atoms with van der Waals surface area (Å²) in [6.45, 7) is 3.95. The van der Waals surface area contributed by atoms with E-state index in [2.05, 4.69) is 18.2 Å². The van der Waals surface area contributed by atoms with Gasteiger partial charge in [0.05, 0.1) is 0 Å². The van der Waals surface area contributed by atoms with Crippen LogP contribution in [0.1, 0.15) is 58.8 Å². The molecule has 0 radical (unpaired) electrons. The minimum atomic E-state index is 0.402. The molecule has 0 spiro atoms. The van der Waals surface area contributed by atoms with Crippen molar-refractivity contribution in [2.75, 3.05) is 0 Å². The fourth-order valence-electron chi connectivity index (χ4n) is 1.53. The molecule has 0 aromatic rings. The van der Waals surface area contributed by atoms with Crippen LogP contribution in [0.2, 0.25) is 0 Å². The quantitative estimate of drug-likeness (QED) is 0.384. The molecule has 0 atom stereocenters. The van der Waals surface area contributed by atoms with Crippen molar-refractivity contribution in [3.8, 4) is 0 Å². The zero-order valence-corrected chi connectivity index (χ0v) is 11.3. The molecule has 0 aliphatic carbocycles. The Labute approximate surface area is 106 Å². The molecule has 0 aliphatic heterocycles. The van der Waals surface area contributed by atoms with Gasteiger partial charge in [0.2, 0.25) is 0 Å². The number of hydrogen-bond donors (Lipinski definition) is 0. The number of Topliss-reactive ketones (excluding diaryl/α,β-unsaturated/α-hetero) is 1. The van der Waals surface area contributed by atoms with E-state index in [-0.39, 0.29) is 0 Å². The maximum Gasteiger partial charge on any atom is 0.132 e. The highest BCUT2D eigenvalue weighted by atomic mass is 16.1. The Bertz CT molecular complexity index is 259. The van der Waals surface area contributed by atoms with Crippen molar-refractivity contribution in [2.24, 2.45) is 0 Å². The van der Waals surface area contributed by atoms with E-state index in [1.807, 2.05) is 32.1 Å². The average molecular weight is 234 g/mol. The summed E-state index contributed by atoms with van der Waals surface area (Å²) in [7, 11) is 0. The summed E-state index contributed by atoms with van der Waals surface area (Å²) in [4.78, 5) is 11.0. The fourth-order valence-corrected chi connectivity index (χ4v) is 1.53. The highest BCUT2D eigenvalue weighted by molar-refractivity contribution is 5.77. The minimum Gasteiger partial charge on any atom is -0.300 e. The van der Waals surface area contributed by atoms with E-state index >= 15 is 0 Å². The first-order valence-electron chi connectivity index (χ1n) is 6.77. The van der Waals surface area contributed by atoms with Gasteiger partial charge in [0.25, 0.3) is 0 Å². The molecular formula is C16H26O. The second kappa shape index (κ2) is 13.0. The van der Waals surface area contributed by atoms with E-state index in [9.17, 15) is 4.79 Å². The van der Waals surface area contributed by atoms with Crippen LogP contribution in [-0.2, 0) is 4.79 Å². The Hall–Kier alpha value is -1.11. The first-order chi connectivity index (χ1) is 8.31. The van der Waals surface area contributed by atoms with Gasteiger partial charge in [-0.15, -0.1) is 0 Å². The molecule has 0 bridgehead atoms. The van der Waals surface area contributed by atoms with Crippen molar-refractivity contribution in [1.29, 1.82) is 0 Å². The zero-order chi connectivity index (χ0) is 12.8. The number of allylic oxidation sites excluding steroid dienone is 6. The lowest BCUT2D eigenvalue weighted by molar-refractivity contribution is -0.118. The third kappa shape index (κ3) is 12.8. The Balaban J connectivity index is 3.26. The smallest absolute Gasteiger partial charge is 0.132 e.